The van der Waals surface area contributed by atoms with Crippen molar-refractivity contribution < 1.29 is 0 Å². The van der Waals surface area contributed by atoms with E-state index >= 15 is 0 Å². The number of hydrogen-bond donors (Lipinski definition) is 0. The zero-order chi connectivity index (χ0) is 47.1. The van der Waals surface area contributed by atoms with Crippen LogP contribution in [0.5, 0.6) is 0 Å². The molecular formula is C64H42N6S. The van der Waals surface area contributed by atoms with E-state index in [0.717, 1.165) is 111 Å². The molecule has 4 heterocycles. The number of aromatic nitrogens is 6. The molecule has 0 aliphatic heterocycles. The minimum atomic E-state index is 0.697. The summed E-state index contributed by atoms with van der Waals surface area (Å²) in [5.41, 5.74) is 18.6. The van der Waals surface area contributed by atoms with Crippen molar-refractivity contribution in [3.63, 3.8) is 0 Å². The summed E-state index contributed by atoms with van der Waals surface area (Å²) in [5.74, 6) is 2.49. The van der Waals surface area contributed by atoms with Gasteiger partial charge in [-0.2, -0.15) is 0 Å². The molecule has 13 rings (SSSR count). The van der Waals surface area contributed by atoms with Crippen LogP contribution in [0.15, 0.2) is 254 Å². The number of para-hydroxylation sites is 6. The molecule has 0 saturated carbocycles. The highest BCUT2D eigenvalue weighted by Crippen LogP contribution is 2.38. The SMILES string of the molecule is c1ccc(-c2ccc(-c3cc(-c4cc(-c5ccc(-c6nc7ccccc7n6-c6ccccc6)cc5)cc(-c5ccc(-c6nc7ccccc7n6-c6ccccc6)cc5)c4)nc(-c4cccs4)n3)cc2)cc1. The maximum atomic E-state index is 5.31. The fourth-order valence-corrected chi connectivity index (χ4v) is 10.2. The first kappa shape index (κ1) is 41.9. The summed E-state index contributed by atoms with van der Waals surface area (Å²) < 4.78 is 4.49. The Morgan fingerprint density at radius 2 is 0.676 bits per heavy atom. The largest absolute Gasteiger partial charge is 0.292 e. The van der Waals surface area contributed by atoms with Gasteiger partial charge in [-0.05, 0) is 118 Å². The van der Waals surface area contributed by atoms with Crippen LogP contribution in [0, 0.1) is 0 Å². The molecule has 9 aromatic carbocycles. The third-order valence-electron chi connectivity index (χ3n) is 13.1. The lowest BCUT2D eigenvalue weighted by atomic mass is 9.93. The van der Waals surface area contributed by atoms with E-state index in [9.17, 15) is 0 Å². The number of thiophene rings is 1. The lowest BCUT2D eigenvalue weighted by molar-refractivity contribution is 1.10. The van der Waals surface area contributed by atoms with E-state index in [-0.39, 0.29) is 0 Å². The van der Waals surface area contributed by atoms with Crippen LogP contribution in [0.2, 0.25) is 0 Å². The quantitative estimate of drug-likeness (QED) is 0.137. The highest BCUT2D eigenvalue weighted by atomic mass is 32.1. The molecule has 71 heavy (non-hydrogen) atoms. The molecule has 0 aliphatic rings. The van der Waals surface area contributed by atoms with Gasteiger partial charge in [0, 0.05) is 33.6 Å². The molecule has 334 valence electrons. The van der Waals surface area contributed by atoms with Gasteiger partial charge in [-0.1, -0.05) is 170 Å². The van der Waals surface area contributed by atoms with Gasteiger partial charge in [0.2, 0.25) is 0 Å². The summed E-state index contributed by atoms with van der Waals surface area (Å²) >= 11 is 1.65. The first-order chi connectivity index (χ1) is 35.2. The number of benzene rings is 9. The molecular weight excluding hydrogens is 885 g/mol. The fraction of sp³-hybridized carbons (Fsp3) is 0. The third kappa shape index (κ3) is 8.00. The Morgan fingerprint density at radius 3 is 1.17 bits per heavy atom. The van der Waals surface area contributed by atoms with Crippen molar-refractivity contribution in [2.24, 2.45) is 0 Å². The van der Waals surface area contributed by atoms with E-state index in [0.29, 0.717) is 5.82 Å². The zero-order valence-corrected chi connectivity index (χ0v) is 39.2. The summed E-state index contributed by atoms with van der Waals surface area (Å²) in [6, 6.07) is 87.4. The molecule has 0 atom stereocenters. The van der Waals surface area contributed by atoms with E-state index < -0.39 is 0 Å². The fourth-order valence-electron chi connectivity index (χ4n) is 9.57. The normalized spacial score (nSPS) is 11.4. The molecule has 0 amide bonds. The number of fused-ring (bicyclic) bond motifs is 2. The van der Waals surface area contributed by atoms with Gasteiger partial charge in [-0.3, -0.25) is 9.13 Å². The van der Waals surface area contributed by atoms with Crippen molar-refractivity contribution in [1.82, 2.24) is 29.1 Å². The van der Waals surface area contributed by atoms with Crippen molar-refractivity contribution in [3.8, 4) is 101 Å². The highest BCUT2D eigenvalue weighted by Gasteiger charge is 2.19. The zero-order valence-electron chi connectivity index (χ0n) is 38.3. The monoisotopic (exact) mass is 926 g/mol. The van der Waals surface area contributed by atoms with E-state index in [4.69, 9.17) is 19.9 Å². The molecule has 0 aliphatic carbocycles. The van der Waals surface area contributed by atoms with E-state index in [1.807, 2.05) is 30.3 Å². The third-order valence-corrected chi connectivity index (χ3v) is 14.0. The molecule has 6 nitrogen and oxygen atoms in total. The second-order valence-corrected chi connectivity index (χ2v) is 18.5. The molecule has 0 spiro atoms. The Labute approximate surface area is 415 Å². The Kier molecular flexibility index (Phi) is 10.6. The van der Waals surface area contributed by atoms with E-state index in [2.05, 4.69) is 233 Å². The van der Waals surface area contributed by atoms with Crippen LogP contribution in [0.1, 0.15) is 0 Å². The lowest BCUT2D eigenvalue weighted by Crippen LogP contribution is -1.97. The Balaban J connectivity index is 0.944. The van der Waals surface area contributed by atoms with Gasteiger partial charge >= 0.3 is 0 Å². The maximum absolute atomic E-state index is 5.31. The van der Waals surface area contributed by atoms with Crippen LogP contribution in [0.3, 0.4) is 0 Å². The van der Waals surface area contributed by atoms with Gasteiger partial charge in [-0.25, -0.2) is 19.9 Å². The number of rotatable bonds is 10. The van der Waals surface area contributed by atoms with Gasteiger partial charge in [0.1, 0.15) is 11.6 Å². The molecule has 4 aromatic heterocycles. The van der Waals surface area contributed by atoms with Crippen molar-refractivity contribution in [1.29, 1.82) is 0 Å². The van der Waals surface area contributed by atoms with Crippen molar-refractivity contribution in [2.45, 2.75) is 0 Å². The Morgan fingerprint density at radius 1 is 0.282 bits per heavy atom. The molecule has 0 unspecified atom stereocenters. The number of imidazole rings is 2. The van der Waals surface area contributed by atoms with Crippen LogP contribution in [-0.2, 0) is 0 Å². The van der Waals surface area contributed by atoms with Crippen LogP contribution < -0.4 is 0 Å². The molecule has 0 bridgehead atoms. The van der Waals surface area contributed by atoms with E-state index in [1.54, 1.807) is 11.3 Å². The summed E-state index contributed by atoms with van der Waals surface area (Å²) in [5, 5.41) is 2.08. The summed E-state index contributed by atoms with van der Waals surface area (Å²) in [6.07, 6.45) is 0. The van der Waals surface area contributed by atoms with Crippen LogP contribution in [0.4, 0.5) is 0 Å². The number of nitrogens with zero attached hydrogens (tertiary/aromatic N) is 6. The molecule has 7 heteroatoms. The van der Waals surface area contributed by atoms with Gasteiger partial charge in [-0.15, -0.1) is 11.3 Å². The maximum Gasteiger partial charge on any atom is 0.170 e. The first-order valence-electron chi connectivity index (χ1n) is 23.7. The average Bonchev–Trinajstić information content (AvgIpc) is 4.23. The number of hydrogen-bond acceptors (Lipinski definition) is 5. The van der Waals surface area contributed by atoms with Crippen LogP contribution in [-0.4, -0.2) is 29.1 Å². The molecule has 0 N–H and O–H groups in total. The molecule has 0 fully saturated rings. The summed E-state index contributed by atoms with van der Waals surface area (Å²) in [4.78, 5) is 21.8. The second kappa shape index (κ2) is 18.0. The lowest BCUT2D eigenvalue weighted by Gasteiger charge is -2.14. The molecule has 0 saturated heterocycles. The average molecular weight is 927 g/mol. The summed E-state index contributed by atoms with van der Waals surface area (Å²) in [7, 11) is 0. The van der Waals surface area contributed by atoms with Gasteiger partial charge in [0.05, 0.1) is 38.3 Å². The molecule has 13 aromatic rings. The Hall–Kier alpha value is -9.30. The first-order valence-corrected chi connectivity index (χ1v) is 24.6. The van der Waals surface area contributed by atoms with Gasteiger partial charge < -0.3 is 0 Å². The minimum Gasteiger partial charge on any atom is -0.292 e. The van der Waals surface area contributed by atoms with Gasteiger partial charge in [0.15, 0.2) is 5.82 Å². The van der Waals surface area contributed by atoms with Crippen LogP contribution in [0.25, 0.3) is 123 Å². The van der Waals surface area contributed by atoms with E-state index in [1.165, 1.54) is 5.56 Å². The summed E-state index contributed by atoms with van der Waals surface area (Å²) in [6.45, 7) is 0. The van der Waals surface area contributed by atoms with Crippen molar-refractivity contribution in [2.75, 3.05) is 0 Å². The second-order valence-electron chi connectivity index (χ2n) is 17.5. The van der Waals surface area contributed by atoms with Crippen molar-refractivity contribution in [3.05, 3.63) is 254 Å². The minimum absolute atomic E-state index is 0.697. The predicted molar refractivity (Wildman–Crippen MR) is 293 cm³/mol. The molecule has 0 radical (unpaired) electrons. The standard InChI is InChI=1S/C64H42N6S/c1-4-15-43(16-5-1)44-26-32-47(33-27-44)57-42-58(66-62(65-57)61-25-14-38-71-61)52-40-50(45-28-34-48(35-29-45)63-67-55-21-10-12-23-59(55)69(63)53-17-6-2-7-18-53)39-51(41-52)46-30-36-49(37-31-46)64-68-56-22-11-13-24-60(56)70(64)54-19-8-3-9-20-54/h1-42H. The van der Waals surface area contributed by atoms with Crippen LogP contribution >= 0.6 is 11.3 Å². The predicted octanol–water partition coefficient (Wildman–Crippen LogP) is 16.6. The van der Waals surface area contributed by atoms with Gasteiger partial charge in [0.25, 0.3) is 0 Å². The van der Waals surface area contributed by atoms with Crippen molar-refractivity contribution >= 4 is 33.4 Å². The highest BCUT2D eigenvalue weighted by molar-refractivity contribution is 7.13. The smallest absolute Gasteiger partial charge is 0.170 e. The Bertz CT molecular complexity index is 3810. The topological polar surface area (TPSA) is 61.4 Å².